The van der Waals surface area contributed by atoms with E-state index in [1.165, 1.54) is 6.20 Å². The fourth-order valence-electron chi connectivity index (χ4n) is 2.19. The standard InChI is InChI=1S/C14H19N5O2/c1-5-16-12-7-15-6-11(18-12)14(20)17-8(2)13-9(3)19-21-10(13)4/h6-8H,5H2,1-4H3,(H,16,18)(H,17,20). The molecule has 7 heteroatoms. The van der Waals surface area contributed by atoms with Crippen molar-refractivity contribution in [1.29, 1.82) is 0 Å². The summed E-state index contributed by atoms with van der Waals surface area (Å²) in [5, 5.41) is 9.80. The summed E-state index contributed by atoms with van der Waals surface area (Å²) in [4.78, 5) is 20.5. The lowest BCUT2D eigenvalue weighted by Crippen LogP contribution is -2.28. The molecule has 0 fully saturated rings. The Kier molecular flexibility index (Phi) is 4.52. The molecule has 2 aromatic heterocycles. The number of carbonyl (C=O) groups is 1. The van der Waals surface area contributed by atoms with Gasteiger partial charge in [0.1, 0.15) is 17.3 Å². The van der Waals surface area contributed by atoms with Gasteiger partial charge in [0.05, 0.1) is 24.1 Å². The Morgan fingerprint density at radius 3 is 2.76 bits per heavy atom. The first kappa shape index (κ1) is 15.0. The third kappa shape index (κ3) is 3.36. The molecule has 0 aliphatic rings. The van der Waals surface area contributed by atoms with E-state index in [9.17, 15) is 4.79 Å². The van der Waals surface area contributed by atoms with Crippen molar-refractivity contribution in [1.82, 2.24) is 20.4 Å². The predicted molar refractivity (Wildman–Crippen MR) is 78.1 cm³/mol. The van der Waals surface area contributed by atoms with Gasteiger partial charge in [0.15, 0.2) is 0 Å². The highest BCUT2D eigenvalue weighted by Crippen LogP contribution is 2.21. The average molecular weight is 289 g/mol. The van der Waals surface area contributed by atoms with Crippen LogP contribution < -0.4 is 10.6 Å². The molecule has 0 saturated heterocycles. The van der Waals surface area contributed by atoms with Crippen LogP contribution in [0, 0.1) is 13.8 Å². The molecule has 2 rings (SSSR count). The quantitative estimate of drug-likeness (QED) is 0.874. The number of aromatic nitrogens is 3. The van der Waals surface area contributed by atoms with E-state index in [0.717, 1.165) is 17.8 Å². The van der Waals surface area contributed by atoms with Gasteiger partial charge in [-0.1, -0.05) is 5.16 Å². The van der Waals surface area contributed by atoms with Crippen LogP contribution in [0.1, 0.15) is 47.4 Å². The normalized spacial score (nSPS) is 12.0. The van der Waals surface area contributed by atoms with Crippen molar-refractivity contribution < 1.29 is 9.32 Å². The number of nitrogens with one attached hydrogen (secondary N) is 2. The topological polar surface area (TPSA) is 92.9 Å². The first-order valence-corrected chi connectivity index (χ1v) is 6.82. The van der Waals surface area contributed by atoms with Crippen molar-refractivity contribution in [2.45, 2.75) is 33.7 Å². The van der Waals surface area contributed by atoms with Crippen molar-refractivity contribution in [3.63, 3.8) is 0 Å². The Hall–Kier alpha value is -2.44. The molecule has 21 heavy (non-hydrogen) atoms. The second-order valence-electron chi connectivity index (χ2n) is 4.75. The van der Waals surface area contributed by atoms with Crippen molar-refractivity contribution in [2.24, 2.45) is 0 Å². The lowest BCUT2D eigenvalue weighted by Gasteiger charge is -2.13. The molecule has 2 N–H and O–H groups in total. The fourth-order valence-corrected chi connectivity index (χ4v) is 2.19. The smallest absolute Gasteiger partial charge is 0.272 e. The molecule has 1 atom stereocenters. The summed E-state index contributed by atoms with van der Waals surface area (Å²) in [5.41, 5.74) is 1.93. The first-order chi connectivity index (χ1) is 10.0. The molecule has 0 aliphatic carbocycles. The highest BCUT2D eigenvalue weighted by molar-refractivity contribution is 5.92. The second kappa shape index (κ2) is 6.34. The Morgan fingerprint density at radius 2 is 2.14 bits per heavy atom. The van der Waals surface area contributed by atoms with E-state index >= 15 is 0 Å². The van der Waals surface area contributed by atoms with Gasteiger partial charge in [0.2, 0.25) is 0 Å². The summed E-state index contributed by atoms with van der Waals surface area (Å²) >= 11 is 0. The van der Waals surface area contributed by atoms with Gasteiger partial charge in [-0.3, -0.25) is 9.78 Å². The molecule has 0 aromatic carbocycles. The SMILES string of the molecule is CCNc1cncc(C(=O)NC(C)c2c(C)noc2C)n1. The average Bonchev–Trinajstić information content (AvgIpc) is 2.79. The number of rotatable bonds is 5. The van der Waals surface area contributed by atoms with Crippen molar-refractivity contribution in [3.05, 3.63) is 35.1 Å². The molecule has 2 heterocycles. The Morgan fingerprint density at radius 1 is 1.38 bits per heavy atom. The van der Waals surface area contributed by atoms with Crippen LogP contribution >= 0.6 is 0 Å². The maximum absolute atomic E-state index is 12.2. The third-order valence-corrected chi connectivity index (χ3v) is 3.09. The second-order valence-corrected chi connectivity index (χ2v) is 4.75. The maximum atomic E-state index is 12.2. The van der Waals surface area contributed by atoms with E-state index in [1.54, 1.807) is 6.20 Å². The maximum Gasteiger partial charge on any atom is 0.272 e. The Balaban J connectivity index is 2.12. The minimum Gasteiger partial charge on any atom is -0.369 e. The Bertz CT molecular complexity index is 619. The molecule has 0 aliphatic heterocycles. The van der Waals surface area contributed by atoms with Crippen molar-refractivity contribution >= 4 is 11.7 Å². The molecule has 0 radical (unpaired) electrons. The number of nitrogens with zero attached hydrogens (tertiary/aromatic N) is 3. The van der Waals surface area contributed by atoms with Crippen molar-refractivity contribution in [2.75, 3.05) is 11.9 Å². The zero-order chi connectivity index (χ0) is 15.4. The van der Waals surface area contributed by atoms with Crippen LogP contribution in [0.15, 0.2) is 16.9 Å². The van der Waals surface area contributed by atoms with Gasteiger partial charge in [0, 0.05) is 12.1 Å². The summed E-state index contributed by atoms with van der Waals surface area (Å²) in [6, 6.07) is -0.214. The van der Waals surface area contributed by atoms with E-state index in [2.05, 4.69) is 25.8 Å². The minimum absolute atomic E-state index is 0.214. The molecule has 2 aromatic rings. The van der Waals surface area contributed by atoms with E-state index in [1.807, 2.05) is 27.7 Å². The lowest BCUT2D eigenvalue weighted by atomic mass is 10.1. The molecular weight excluding hydrogens is 270 g/mol. The number of aryl methyl sites for hydroxylation is 2. The van der Waals surface area contributed by atoms with E-state index in [-0.39, 0.29) is 17.6 Å². The number of amides is 1. The summed E-state index contributed by atoms with van der Waals surface area (Å²) in [6.07, 6.45) is 3.02. The summed E-state index contributed by atoms with van der Waals surface area (Å²) in [7, 11) is 0. The Labute approximate surface area is 123 Å². The van der Waals surface area contributed by atoms with Crippen LogP contribution in [0.25, 0.3) is 0 Å². The minimum atomic E-state index is -0.283. The zero-order valence-corrected chi connectivity index (χ0v) is 12.6. The highest BCUT2D eigenvalue weighted by atomic mass is 16.5. The monoisotopic (exact) mass is 289 g/mol. The van der Waals surface area contributed by atoms with Crippen LogP contribution in [-0.2, 0) is 0 Å². The molecule has 0 spiro atoms. The van der Waals surface area contributed by atoms with Crippen LogP contribution in [0.2, 0.25) is 0 Å². The van der Waals surface area contributed by atoms with E-state index in [0.29, 0.717) is 11.6 Å². The molecule has 0 saturated carbocycles. The molecule has 7 nitrogen and oxygen atoms in total. The van der Waals surface area contributed by atoms with Gasteiger partial charge < -0.3 is 15.2 Å². The van der Waals surface area contributed by atoms with E-state index < -0.39 is 0 Å². The van der Waals surface area contributed by atoms with Crippen LogP contribution in [0.4, 0.5) is 5.82 Å². The van der Waals surface area contributed by atoms with Crippen LogP contribution in [0.3, 0.4) is 0 Å². The third-order valence-electron chi connectivity index (χ3n) is 3.09. The van der Waals surface area contributed by atoms with Gasteiger partial charge in [0.25, 0.3) is 5.91 Å². The molecule has 112 valence electrons. The largest absolute Gasteiger partial charge is 0.369 e. The number of hydrogen-bond donors (Lipinski definition) is 2. The molecule has 1 amide bonds. The van der Waals surface area contributed by atoms with E-state index in [4.69, 9.17) is 4.52 Å². The van der Waals surface area contributed by atoms with Gasteiger partial charge in [-0.25, -0.2) is 4.98 Å². The molecule has 1 unspecified atom stereocenters. The zero-order valence-electron chi connectivity index (χ0n) is 12.6. The lowest BCUT2D eigenvalue weighted by molar-refractivity contribution is 0.0934. The number of carbonyl (C=O) groups excluding carboxylic acids is 1. The predicted octanol–water partition coefficient (Wildman–Crippen LogP) is 2.00. The van der Waals surface area contributed by atoms with Gasteiger partial charge in [-0.2, -0.15) is 0 Å². The highest BCUT2D eigenvalue weighted by Gasteiger charge is 2.19. The molecular formula is C14H19N5O2. The summed E-state index contributed by atoms with van der Waals surface area (Å²) in [6.45, 7) is 8.22. The summed E-state index contributed by atoms with van der Waals surface area (Å²) < 4.78 is 5.12. The van der Waals surface area contributed by atoms with Crippen LogP contribution in [-0.4, -0.2) is 27.6 Å². The van der Waals surface area contributed by atoms with Crippen LogP contribution in [0.5, 0.6) is 0 Å². The van der Waals surface area contributed by atoms with Gasteiger partial charge in [-0.05, 0) is 27.7 Å². The number of anilines is 1. The fraction of sp³-hybridized carbons (Fsp3) is 0.429. The first-order valence-electron chi connectivity index (χ1n) is 6.82. The number of hydrogen-bond acceptors (Lipinski definition) is 6. The van der Waals surface area contributed by atoms with Gasteiger partial charge >= 0.3 is 0 Å². The van der Waals surface area contributed by atoms with Crippen molar-refractivity contribution in [3.8, 4) is 0 Å². The molecule has 0 bridgehead atoms. The van der Waals surface area contributed by atoms with Gasteiger partial charge in [-0.15, -0.1) is 0 Å². The summed E-state index contributed by atoms with van der Waals surface area (Å²) in [5.74, 6) is 0.998.